The number of hydrogen-bond donors (Lipinski definition) is 2. The molecule has 0 saturated heterocycles. The fourth-order valence-electron chi connectivity index (χ4n) is 4.84. The molecule has 22 heavy (non-hydrogen) atoms. The third-order valence-electron chi connectivity index (χ3n) is 5.97. The maximum Gasteiger partial charge on any atom is 0.309 e. The number of halogens is 2. The average Bonchev–Trinajstić information content (AvgIpc) is 2.43. The van der Waals surface area contributed by atoms with Crippen LogP contribution >= 0.6 is 23.2 Å². The Hall–Kier alpha value is -0.930. The molecule has 1 saturated carbocycles. The molecule has 120 valence electrons. The lowest BCUT2D eigenvalue weighted by Crippen LogP contribution is -2.52. The van der Waals surface area contributed by atoms with Gasteiger partial charge in [-0.3, -0.25) is 4.79 Å². The van der Waals surface area contributed by atoms with E-state index in [1.807, 2.05) is 6.92 Å². The number of fused-ring (bicyclic) bond motifs is 3. The second kappa shape index (κ2) is 5.04. The number of carboxylic acids is 1. The van der Waals surface area contributed by atoms with Gasteiger partial charge in [-0.1, -0.05) is 36.5 Å². The summed E-state index contributed by atoms with van der Waals surface area (Å²) in [5.74, 6) is -0.815. The van der Waals surface area contributed by atoms with Crippen molar-refractivity contribution >= 4 is 29.2 Å². The normalized spacial score (nSPS) is 33.9. The topological polar surface area (TPSA) is 57.5 Å². The van der Waals surface area contributed by atoms with Gasteiger partial charge in [0.1, 0.15) is 0 Å². The van der Waals surface area contributed by atoms with Gasteiger partial charge in [-0.05, 0) is 61.1 Å². The number of carbonyl (C=O) groups is 1. The molecule has 0 amide bonds. The van der Waals surface area contributed by atoms with Crippen LogP contribution in [0.25, 0.3) is 0 Å². The highest BCUT2D eigenvalue weighted by Gasteiger charge is 2.56. The lowest BCUT2D eigenvalue weighted by Gasteiger charge is -2.53. The first-order valence-corrected chi connectivity index (χ1v) is 8.41. The van der Waals surface area contributed by atoms with Gasteiger partial charge in [0.2, 0.25) is 0 Å². The first kappa shape index (κ1) is 15.9. The number of aliphatic carboxylic acids is 1. The van der Waals surface area contributed by atoms with Gasteiger partial charge in [0.05, 0.1) is 15.5 Å². The van der Waals surface area contributed by atoms with E-state index in [0.29, 0.717) is 11.4 Å². The van der Waals surface area contributed by atoms with Crippen LogP contribution in [0.4, 0.5) is 0 Å². The van der Waals surface area contributed by atoms with Crippen LogP contribution in [0.2, 0.25) is 10.0 Å². The molecule has 3 rings (SSSR count). The summed E-state index contributed by atoms with van der Waals surface area (Å²) in [6.07, 6.45) is 3.97. The first-order chi connectivity index (χ1) is 10.2. The summed E-state index contributed by atoms with van der Waals surface area (Å²) in [4.78, 5) is 11.9. The predicted molar refractivity (Wildman–Crippen MR) is 86.9 cm³/mol. The molecule has 0 spiro atoms. The third-order valence-corrected chi connectivity index (χ3v) is 6.62. The average molecular weight is 343 g/mol. The lowest BCUT2D eigenvalue weighted by atomic mass is 9.50. The van der Waals surface area contributed by atoms with Crippen LogP contribution < -0.4 is 0 Å². The highest BCUT2D eigenvalue weighted by molar-refractivity contribution is 6.37. The largest absolute Gasteiger partial charge is 0.505 e. The maximum absolute atomic E-state index is 11.9. The Kier molecular flexibility index (Phi) is 3.65. The van der Waals surface area contributed by atoms with Crippen molar-refractivity contribution in [1.82, 2.24) is 0 Å². The van der Waals surface area contributed by atoms with Crippen LogP contribution in [0.5, 0.6) is 5.75 Å². The van der Waals surface area contributed by atoms with Gasteiger partial charge in [0, 0.05) is 0 Å². The van der Waals surface area contributed by atoms with Crippen LogP contribution in [0.1, 0.15) is 50.7 Å². The number of phenolic OH excluding ortho intramolecular Hbond substituents is 1. The van der Waals surface area contributed by atoms with Crippen LogP contribution in [0.3, 0.4) is 0 Å². The highest BCUT2D eigenvalue weighted by Crippen LogP contribution is 2.60. The summed E-state index contributed by atoms with van der Waals surface area (Å²) in [7, 11) is 0. The van der Waals surface area contributed by atoms with Crippen molar-refractivity contribution in [3.63, 3.8) is 0 Å². The number of aromatic hydroxyl groups is 1. The number of aryl methyl sites for hydroxylation is 1. The summed E-state index contributed by atoms with van der Waals surface area (Å²) in [6.45, 7) is 3.95. The number of benzene rings is 1. The fourth-order valence-corrected chi connectivity index (χ4v) is 5.55. The minimum Gasteiger partial charge on any atom is -0.505 e. The molecule has 2 aliphatic rings. The summed E-state index contributed by atoms with van der Waals surface area (Å²) >= 11 is 12.5. The quantitative estimate of drug-likeness (QED) is 0.770. The second-order valence-electron chi connectivity index (χ2n) is 7.14. The zero-order valence-electron chi connectivity index (χ0n) is 12.7. The molecule has 1 fully saturated rings. The van der Waals surface area contributed by atoms with Crippen LogP contribution in [-0.4, -0.2) is 16.2 Å². The van der Waals surface area contributed by atoms with Crippen molar-refractivity contribution in [1.29, 1.82) is 0 Å². The molecule has 0 heterocycles. The Morgan fingerprint density at radius 3 is 2.64 bits per heavy atom. The fraction of sp³-hybridized carbons (Fsp3) is 0.588. The molecular formula is C17H20Cl2O3. The molecule has 0 aromatic heterocycles. The van der Waals surface area contributed by atoms with E-state index in [1.54, 1.807) is 6.07 Å². The van der Waals surface area contributed by atoms with E-state index in [0.717, 1.165) is 36.8 Å². The van der Waals surface area contributed by atoms with E-state index in [9.17, 15) is 15.0 Å². The van der Waals surface area contributed by atoms with Crippen molar-refractivity contribution in [2.45, 2.75) is 51.4 Å². The van der Waals surface area contributed by atoms with E-state index in [-0.39, 0.29) is 22.1 Å². The zero-order chi connectivity index (χ0) is 16.3. The summed E-state index contributed by atoms with van der Waals surface area (Å²) in [5.41, 5.74) is 0.863. The van der Waals surface area contributed by atoms with E-state index in [1.165, 1.54) is 0 Å². The number of hydrogen-bond acceptors (Lipinski definition) is 2. The van der Waals surface area contributed by atoms with Crippen molar-refractivity contribution in [3.05, 3.63) is 27.2 Å². The summed E-state index contributed by atoms with van der Waals surface area (Å²) in [5, 5.41) is 20.5. The lowest BCUT2D eigenvalue weighted by molar-refractivity contribution is -0.157. The van der Waals surface area contributed by atoms with Crippen molar-refractivity contribution in [3.8, 4) is 5.75 Å². The molecule has 3 atom stereocenters. The molecule has 3 nitrogen and oxygen atoms in total. The predicted octanol–water partition coefficient (Wildman–Crippen LogP) is 4.79. The van der Waals surface area contributed by atoms with Gasteiger partial charge in [-0.2, -0.15) is 0 Å². The molecule has 1 aromatic carbocycles. The Balaban J connectivity index is 2.21. The molecule has 5 heteroatoms. The summed E-state index contributed by atoms with van der Waals surface area (Å²) in [6, 6.07) is 1.78. The molecule has 0 aliphatic heterocycles. The van der Waals surface area contributed by atoms with Gasteiger partial charge in [-0.25, -0.2) is 0 Å². The number of rotatable bonds is 1. The molecule has 2 aliphatic carbocycles. The van der Waals surface area contributed by atoms with E-state index < -0.39 is 11.4 Å². The van der Waals surface area contributed by atoms with Gasteiger partial charge >= 0.3 is 5.97 Å². The molecule has 2 N–H and O–H groups in total. The van der Waals surface area contributed by atoms with Crippen molar-refractivity contribution in [2.24, 2.45) is 11.3 Å². The molecule has 0 bridgehead atoms. The zero-order valence-corrected chi connectivity index (χ0v) is 14.3. The van der Waals surface area contributed by atoms with Gasteiger partial charge in [0.25, 0.3) is 0 Å². The molecule has 1 aromatic rings. The first-order valence-electron chi connectivity index (χ1n) is 7.65. The maximum atomic E-state index is 11.9. The van der Waals surface area contributed by atoms with Gasteiger partial charge in [-0.15, -0.1) is 0 Å². The van der Waals surface area contributed by atoms with Crippen molar-refractivity contribution in [2.75, 3.05) is 0 Å². The Labute approximate surface area is 140 Å². The van der Waals surface area contributed by atoms with Gasteiger partial charge in [0.15, 0.2) is 5.75 Å². The van der Waals surface area contributed by atoms with Crippen LogP contribution in [0.15, 0.2) is 6.07 Å². The molecule has 1 unspecified atom stereocenters. The SMILES string of the molecule is C[C@]1(C(=O)O)CCC[C@]2(C)c3c(cc(Cl)c(O)c3Cl)CCC12. The monoisotopic (exact) mass is 342 g/mol. The standard InChI is InChI=1S/C17H20Cl2O3/c1-16-6-3-7-17(2,15(21)22)11(16)5-4-9-8-10(18)14(20)13(19)12(9)16/h8,11,20H,3-7H2,1-2H3,(H,21,22)/t11?,16-,17-/m0/s1. The smallest absolute Gasteiger partial charge is 0.309 e. The van der Waals surface area contributed by atoms with Crippen LogP contribution in [-0.2, 0) is 16.6 Å². The Bertz CT molecular complexity index is 658. The van der Waals surface area contributed by atoms with Crippen molar-refractivity contribution < 1.29 is 15.0 Å². The molecule has 0 radical (unpaired) electrons. The highest BCUT2D eigenvalue weighted by atomic mass is 35.5. The van der Waals surface area contributed by atoms with E-state index >= 15 is 0 Å². The minimum atomic E-state index is -0.747. The van der Waals surface area contributed by atoms with E-state index in [4.69, 9.17) is 23.2 Å². The molecular weight excluding hydrogens is 323 g/mol. The second-order valence-corrected chi connectivity index (χ2v) is 7.93. The number of carboxylic acid groups (broad SMARTS) is 1. The van der Waals surface area contributed by atoms with Crippen LogP contribution in [0, 0.1) is 11.3 Å². The number of phenols is 1. The minimum absolute atomic E-state index is 0.0109. The van der Waals surface area contributed by atoms with Gasteiger partial charge < -0.3 is 10.2 Å². The Morgan fingerprint density at radius 1 is 1.32 bits per heavy atom. The Morgan fingerprint density at radius 2 is 2.00 bits per heavy atom. The third kappa shape index (κ3) is 1.98. The summed E-state index contributed by atoms with van der Waals surface area (Å²) < 4.78 is 0. The van der Waals surface area contributed by atoms with E-state index in [2.05, 4.69) is 6.92 Å².